The highest BCUT2D eigenvalue weighted by Crippen LogP contribution is 2.41. The van der Waals surface area contributed by atoms with Gasteiger partial charge in [0.25, 0.3) is 0 Å². The molecular formula is C20H25N. The molecule has 0 fully saturated rings. The zero-order valence-electron chi connectivity index (χ0n) is 13.3. The van der Waals surface area contributed by atoms with E-state index in [9.17, 15) is 0 Å². The van der Waals surface area contributed by atoms with Gasteiger partial charge < -0.3 is 5.32 Å². The van der Waals surface area contributed by atoms with Crippen LogP contribution in [0.1, 0.15) is 53.1 Å². The molecule has 0 aliphatic heterocycles. The SMILES string of the molecule is CCNC(CC1Cc2ccccc21)c1ccc(C)cc1C. The summed E-state index contributed by atoms with van der Waals surface area (Å²) in [7, 11) is 0. The van der Waals surface area contributed by atoms with Crippen LogP contribution in [-0.4, -0.2) is 6.54 Å². The summed E-state index contributed by atoms with van der Waals surface area (Å²) in [4.78, 5) is 0. The molecule has 2 aromatic carbocycles. The molecule has 1 aliphatic carbocycles. The highest BCUT2D eigenvalue weighted by molar-refractivity contribution is 5.41. The van der Waals surface area contributed by atoms with Gasteiger partial charge in [0.15, 0.2) is 0 Å². The van der Waals surface area contributed by atoms with Crippen LogP contribution in [0.25, 0.3) is 0 Å². The minimum atomic E-state index is 0.467. The van der Waals surface area contributed by atoms with Crippen molar-refractivity contribution in [3.63, 3.8) is 0 Å². The van der Waals surface area contributed by atoms with Crippen molar-refractivity contribution < 1.29 is 0 Å². The molecule has 1 nitrogen and oxygen atoms in total. The predicted molar refractivity (Wildman–Crippen MR) is 89.8 cm³/mol. The van der Waals surface area contributed by atoms with Gasteiger partial charge in [-0.05, 0) is 61.4 Å². The minimum absolute atomic E-state index is 0.467. The Morgan fingerprint density at radius 3 is 2.67 bits per heavy atom. The number of hydrogen-bond acceptors (Lipinski definition) is 1. The predicted octanol–water partition coefficient (Wildman–Crippen LogP) is 4.68. The van der Waals surface area contributed by atoms with Crippen molar-refractivity contribution in [2.75, 3.05) is 6.54 Å². The largest absolute Gasteiger partial charge is 0.310 e. The van der Waals surface area contributed by atoms with Crippen LogP contribution in [0.3, 0.4) is 0 Å². The Morgan fingerprint density at radius 2 is 1.95 bits per heavy atom. The fraction of sp³-hybridized carbons (Fsp3) is 0.400. The standard InChI is InChI=1S/C20H25N/c1-4-21-20(18-10-9-14(2)11-15(18)3)13-17-12-16-7-5-6-8-19(16)17/h5-11,17,20-21H,4,12-13H2,1-3H3. The number of hydrogen-bond donors (Lipinski definition) is 1. The highest BCUT2D eigenvalue weighted by atomic mass is 14.9. The van der Waals surface area contributed by atoms with Crippen LogP contribution in [0.15, 0.2) is 42.5 Å². The maximum Gasteiger partial charge on any atom is 0.0328 e. The van der Waals surface area contributed by atoms with E-state index >= 15 is 0 Å². The Kier molecular flexibility index (Phi) is 4.12. The number of benzene rings is 2. The molecular weight excluding hydrogens is 254 g/mol. The molecule has 1 N–H and O–H groups in total. The van der Waals surface area contributed by atoms with E-state index in [1.165, 1.54) is 29.5 Å². The second kappa shape index (κ2) is 6.03. The first-order valence-electron chi connectivity index (χ1n) is 8.07. The van der Waals surface area contributed by atoms with E-state index in [-0.39, 0.29) is 0 Å². The van der Waals surface area contributed by atoms with Crippen LogP contribution >= 0.6 is 0 Å². The first kappa shape index (κ1) is 14.3. The Bertz CT molecular complexity index is 629. The van der Waals surface area contributed by atoms with E-state index in [4.69, 9.17) is 0 Å². The molecule has 0 bridgehead atoms. The highest BCUT2D eigenvalue weighted by Gasteiger charge is 2.28. The summed E-state index contributed by atoms with van der Waals surface area (Å²) in [6.07, 6.45) is 2.44. The zero-order valence-corrected chi connectivity index (χ0v) is 13.3. The lowest BCUT2D eigenvalue weighted by Gasteiger charge is -2.34. The fourth-order valence-electron chi connectivity index (χ4n) is 3.64. The second-order valence-corrected chi connectivity index (χ2v) is 6.31. The maximum absolute atomic E-state index is 3.69. The van der Waals surface area contributed by atoms with Gasteiger partial charge in [-0.3, -0.25) is 0 Å². The third kappa shape index (κ3) is 2.89. The van der Waals surface area contributed by atoms with Crippen LogP contribution in [0.4, 0.5) is 0 Å². The molecule has 2 atom stereocenters. The van der Waals surface area contributed by atoms with Crippen molar-refractivity contribution >= 4 is 0 Å². The molecule has 110 valence electrons. The first-order chi connectivity index (χ1) is 10.2. The average Bonchev–Trinajstić information content (AvgIpc) is 2.44. The van der Waals surface area contributed by atoms with E-state index in [1.807, 2.05) is 0 Å². The summed E-state index contributed by atoms with van der Waals surface area (Å²) in [5.74, 6) is 0.714. The molecule has 3 rings (SSSR count). The molecule has 0 spiro atoms. The van der Waals surface area contributed by atoms with Crippen LogP contribution in [0.5, 0.6) is 0 Å². The Hall–Kier alpha value is -1.60. The van der Waals surface area contributed by atoms with E-state index in [1.54, 1.807) is 11.1 Å². The zero-order chi connectivity index (χ0) is 14.8. The number of nitrogens with one attached hydrogen (secondary N) is 1. The van der Waals surface area contributed by atoms with Gasteiger partial charge >= 0.3 is 0 Å². The van der Waals surface area contributed by atoms with E-state index in [0.29, 0.717) is 12.0 Å². The van der Waals surface area contributed by atoms with Gasteiger partial charge in [0.1, 0.15) is 0 Å². The van der Waals surface area contributed by atoms with Gasteiger partial charge in [-0.15, -0.1) is 0 Å². The van der Waals surface area contributed by atoms with Crippen molar-refractivity contribution in [3.8, 4) is 0 Å². The fourth-order valence-corrected chi connectivity index (χ4v) is 3.64. The van der Waals surface area contributed by atoms with Gasteiger partial charge in [0.2, 0.25) is 0 Å². The van der Waals surface area contributed by atoms with Crippen molar-refractivity contribution in [3.05, 3.63) is 70.3 Å². The molecule has 0 saturated heterocycles. The van der Waals surface area contributed by atoms with Crippen molar-refractivity contribution in [2.45, 2.75) is 45.6 Å². The Labute approximate surface area is 128 Å². The first-order valence-corrected chi connectivity index (χ1v) is 8.07. The van der Waals surface area contributed by atoms with Gasteiger partial charge in [-0.25, -0.2) is 0 Å². The summed E-state index contributed by atoms with van der Waals surface area (Å²) in [6, 6.07) is 16.2. The summed E-state index contributed by atoms with van der Waals surface area (Å²) in [6.45, 7) is 7.63. The molecule has 1 heteroatoms. The van der Waals surface area contributed by atoms with Crippen LogP contribution < -0.4 is 5.32 Å². The van der Waals surface area contributed by atoms with E-state index in [2.05, 4.69) is 68.6 Å². The molecule has 0 heterocycles. The minimum Gasteiger partial charge on any atom is -0.310 e. The molecule has 0 radical (unpaired) electrons. The molecule has 0 amide bonds. The summed E-state index contributed by atoms with van der Waals surface area (Å²) >= 11 is 0. The quantitative estimate of drug-likeness (QED) is 0.837. The van der Waals surface area contributed by atoms with Crippen LogP contribution in [0.2, 0.25) is 0 Å². The lowest BCUT2D eigenvalue weighted by Crippen LogP contribution is -2.27. The maximum atomic E-state index is 3.69. The summed E-state index contributed by atoms with van der Waals surface area (Å²) in [5, 5.41) is 3.69. The van der Waals surface area contributed by atoms with Crippen LogP contribution in [0, 0.1) is 13.8 Å². The summed E-state index contributed by atoms with van der Waals surface area (Å²) in [5.41, 5.74) is 7.32. The van der Waals surface area contributed by atoms with Crippen molar-refractivity contribution in [1.29, 1.82) is 0 Å². The monoisotopic (exact) mass is 279 g/mol. The lowest BCUT2D eigenvalue weighted by atomic mass is 9.73. The van der Waals surface area contributed by atoms with Gasteiger partial charge in [-0.2, -0.15) is 0 Å². The molecule has 0 saturated carbocycles. The van der Waals surface area contributed by atoms with Gasteiger partial charge in [-0.1, -0.05) is 55.0 Å². The smallest absolute Gasteiger partial charge is 0.0328 e. The topological polar surface area (TPSA) is 12.0 Å². The molecule has 2 unspecified atom stereocenters. The molecule has 0 aromatic heterocycles. The Balaban J connectivity index is 1.80. The molecule has 21 heavy (non-hydrogen) atoms. The molecule has 2 aromatic rings. The third-order valence-corrected chi connectivity index (χ3v) is 4.73. The number of aryl methyl sites for hydroxylation is 2. The van der Waals surface area contributed by atoms with E-state index < -0.39 is 0 Å². The average molecular weight is 279 g/mol. The van der Waals surface area contributed by atoms with Gasteiger partial charge in [0.05, 0.1) is 0 Å². The number of fused-ring (bicyclic) bond motifs is 1. The molecule has 1 aliphatic rings. The number of rotatable bonds is 5. The Morgan fingerprint density at radius 1 is 1.14 bits per heavy atom. The second-order valence-electron chi connectivity index (χ2n) is 6.31. The van der Waals surface area contributed by atoms with Gasteiger partial charge in [0, 0.05) is 6.04 Å². The summed E-state index contributed by atoms with van der Waals surface area (Å²) < 4.78 is 0. The van der Waals surface area contributed by atoms with Crippen molar-refractivity contribution in [2.24, 2.45) is 0 Å². The van der Waals surface area contributed by atoms with Crippen molar-refractivity contribution in [1.82, 2.24) is 5.32 Å². The van der Waals surface area contributed by atoms with Crippen LogP contribution in [-0.2, 0) is 6.42 Å². The lowest BCUT2D eigenvalue weighted by molar-refractivity contribution is 0.434. The normalized spacial score (nSPS) is 18.0. The van der Waals surface area contributed by atoms with E-state index in [0.717, 1.165) is 6.54 Å². The third-order valence-electron chi connectivity index (χ3n) is 4.73.